The van der Waals surface area contributed by atoms with Crippen LogP contribution in [-0.2, 0) is 16.0 Å². The number of nitrogens with one attached hydrogen (secondary N) is 1. The van der Waals surface area contributed by atoms with Gasteiger partial charge < -0.3 is 15.2 Å². The number of amides is 1. The molecule has 7 heteroatoms. The number of aliphatic carboxylic acids is 1. The monoisotopic (exact) mass is 301 g/mol. The van der Waals surface area contributed by atoms with Gasteiger partial charge in [0.15, 0.2) is 0 Å². The Balaban J connectivity index is 2.26. The third-order valence-corrected chi connectivity index (χ3v) is 2.65. The van der Waals surface area contributed by atoms with Crippen molar-refractivity contribution in [1.29, 1.82) is 0 Å². The van der Waals surface area contributed by atoms with E-state index in [9.17, 15) is 18.4 Å². The number of halogens is 2. The molecule has 0 aromatic heterocycles. The van der Waals surface area contributed by atoms with E-state index in [-0.39, 0.29) is 24.5 Å². The molecule has 0 aliphatic rings. The van der Waals surface area contributed by atoms with Gasteiger partial charge in [-0.15, -0.1) is 0 Å². The Labute approximate surface area is 120 Å². The summed E-state index contributed by atoms with van der Waals surface area (Å²) in [5, 5.41) is 11.1. The molecule has 0 bridgehead atoms. The Morgan fingerprint density at radius 2 is 1.86 bits per heavy atom. The summed E-state index contributed by atoms with van der Waals surface area (Å²) in [6.07, 6.45) is 1.32. The first-order valence-electron chi connectivity index (χ1n) is 6.49. The second-order valence-corrected chi connectivity index (χ2v) is 4.40. The minimum absolute atomic E-state index is 0.0443. The standard InChI is InChI=1S/C14H17F2NO4/c15-14(16)21-11-6-4-10(5-7-11)9-12(18)17-8-2-1-3-13(19)20/h4-7,14H,1-3,8-9H2,(H,17,18)(H,19,20). The van der Waals surface area contributed by atoms with Gasteiger partial charge in [0.2, 0.25) is 5.91 Å². The van der Waals surface area contributed by atoms with Crippen LogP contribution in [0.5, 0.6) is 5.75 Å². The molecule has 0 spiro atoms. The predicted molar refractivity (Wildman–Crippen MR) is 71.3 cm³/mol. The van der Waals surface area contributed by atoms with Crippen molar-refractivity contribution >= 4 is 11.9 Å². The van der Waals surface area contributed by atoms with E-state index >= 15 is 0 Å². The molecule has 0 aliphatic heterocycles. The van der Waals surface area contributed by atoms with E-state index in [0.717, 1.165) is 0 Å². The van der Waals surface area contributed by atoms with Gasteiger partial charge in [0, 0.05) is 13.0 Å². The van der Waals surface area contributed by atoms with E-state index < -0.39 is 12.6 Å². The van der Waals surface area contributed by atoms with Crippen LogP contribution in [0.25, 0.3) is 0 Å². The van der Waals surface area contributed by atoms with Gasteiger partial charge in [0.1, 0.15) is 5.75 Å². The average Bonchev–Trinajstić information content (AvgIpc) is 2.39. The second-order valence-electron chi connectivity index (χ2n) is 4.40. The lowest BCUT2D eigenvalue weighted by molar-refractivity contribution is -0.137. The Kier molecular flexibility index (Phi) is 7.14. The average molecular weight is 301 g/mol. The normalized spacial score (nSPS) is 10.4. The van der Waals surface area contributed by atoms with Crippen LogP contribution in [0.3, 0.4) is 0 Å². The first kappa shape index (κ1) is 16.9. The number of hydrogen-bond donors (Lipinski definition) is 2. The third-order valence-electron chi connectivity index (χ3n) is 2.65. The zero-order chi connectivity index (χ0) is 15.7. The minimum Gasteiger partial charge on any atom is -0.481 e. The summed E-state index contributed by atoms with van der Waals surface area (Å²) in [7, 11) is 0. The van der Waals surface area contributed by atoms with Gasteiger partial charge in [-0.2, -0.15) is 8.78 Å². The van der Waals surface area contributed by atoms with Crippen molar-refractivity contribution in [3.63, 3.8) is 0 Å². The van der Waals surface area contributed by atoms with Crippen LogP contribution in [0.1, 0.15) is 24.8 Å². The highest BCUT2D eigenvalue weighted by Gasteiger charge is 2.06. The quantitative estimate of drug-likeness (QED) is 0.686. The molecule has 0 atom stereocenters. The Bertz CT molecular complexity index is 463. The lowest BCUT2D eigenvalue weighted by Crippen LogP contribution is -2.26. The van der Waals surface area contributed by atoms with Crippen LogP contribution >= 0.6 is 0 Å². The Morgan fingerprint density at radius 3 is 2.43 bits per heavy atom. The summed E-state index contributed by atoms with van der Waals surface area (Å²) < 4.78 is 28.1. The lowest BCUT2D eigenvalue weighted by atomic mass is 10.1. The fourth-order valence-electron chi connectivity index (χ4n) is 1.67. The van der Waals surface area contributed by atoms with E-state index in [0.29, 0.717) is 24.9 Å². The maximum Gasteiger partial charge on any atom is 0.387 e. The summed E-state index contributed by atoms with van der Waals surface area (Å²) in [4.78, 5) is 21.9. The Hall–Kier alpha value is -2.18. The van der Waals surface area contributed by atoms with Crippen LogP contribution in [0.15, 0.2) is 24.3 Å². The SMILES string of the molecule is O=C(O)CCCCNC(=O)Cc1ccc(OC(F)F)cc1. The summed E-state index contributed by atoms with van der Waals surface area (Å²) in [6.45, 7) is -2.46. The molecule has 0 unspecified atom stereocenters. The van der Waals surface area contributed by atoms with Crippen molar-refractivity contribution in [2.45, 2.75) is 32.3 Å². The van der Waals surface area contributed by atoms with Gasteiger partial charge >= 0.3 is 12.6 Å². The molecule has 21 heavy (non-hydrogen) atoms. The molecular weight excluding hydrogens is 284 g/mol. The molecule has 1 aromatic rings. The fraction of sp³-hybridized carbons (Fsp3) is 0.429. The number of hydrogen-bond acceptors (Lipinski definition) is 3. The van der Waals surface area contributed by atoms with Gasteiger partial charge in [-0.05, 0) is 30.5 Å². The van der Waals surface area contributed by atoms with Crippen LogP contribution in [0, 0.1) is 0 Å². The molecule has 1 amide bonds. The number of alkyl halides is 2. The summed E-state index contributed by atoms with van der Waals surface area (Å²) in [5.41, 5.74) is 0.680. The maximum atomic E-state index is 12.0. The lowest BCUT2D eigenvalue weighted by Gasteiger charge is -2.07. The first-order chi connectivity index (χ1) is 9.97. The van der Waals surface area contributed by atoms with E-state index in [1.165, 1.54) is 12.1 Å². The predicted octanol–water partition coefficient (Wildman–Crippen LogP) is 2.20. The number of ether oxygens (including phenoxy) is 1. The number of carbonyl (C=O) groups is 2. The Morgan fingerprint density at radius 1 is 1.19 bits per heavy atom. The highest BCUT2D eigenvalue weighted by molar-refractivity contribution is 5.78. The van der Waals surface area contributed by atoms with E-state index in [1.807, 2.05) is 0 Å². The van der Waals surface area contributed by atoms with Crippen molar-refractivity contribution < 1.29 is 28.2 Å². The zero-order valence-corrected chi connectivity index (χ0v) is 11.4. The number of unbranched alkanes of at least 4 members (excludes halogenated alkanes) is 1. The number of rotatable bonds is 9. The number of carbonyl (C=O) groups excluding carboxylic acids is 1. The van der Waals surface area contributed by atoms with E-state index in [4.69, 9.17) is 5.11 Å². The van der Waals surface area contributed by atoms with Crippen LogP contribution in [-0.4, -0.2) is 30.1 Å². The second kappa shape index (κ2) is 8.89. The highest BCUT2D eigenvalue weighted by Crippen LogP contribution is 2.15. The molecule has 2 N–H and O–H groups in total. The molecule has 5 nitrogen and oxygen atoms in total. The minimum atomic E-state index is -2.87. The highest BCUT2D eigenvalue weighted by atomic mass is 19.3. The summed E-state index contributed by atoms with van der Waals surface area (Å²) in [6, 6.07) is 5.84. The van der Waals surface area contributed by atoms with Gasteiger partial charge in [-0.25, -0.2) is 0 Å². The zero-order valence-electron chi connectivity index (χ0n) is 11.4. The molecule has 0 saturated heterocycles. The van der Waals surface area contributed by atoms with Gasteiger partial charge in [0.05, 0.1) is 6.42 Å². The van der Waals surface area contributed by atoms with Crippen LogP contribution < -0.4 is 10.1 Å². The van der Waals surface area contributed by atoms with Crippen molar-refractivity contribution in [3.05, 3.63) is 29.8 Å². The van der Waals surface area contributed by atoms with Gasteiger partial charge in [-0.1, -0.05) is 12.1 Å². The molecule has 116 valence electrons. The molecule has 1 rings (SSSR count). The number of carboxylic acid groups (broad SMARTS) is 1. The first-order valence-corrected chi connectivity index (χ1v) is 6.49. The van der Waals surface area contributed by atoms with Crippen molar-refractivity contribution in [1.82, 2.24) is 5.32 Å². The summed E-state index contributed by atoms with van der Waals surface area (Å²) in [5.74, 6) is -1.01. The topological polar surface area (TPSA) is 75.6 Å². The van der Waals surface area contributed by atoms with Gasteiger partial charge in [-0.3, -0.25) is 9.59 Å². The maximum absolute atomic E-state index is 12.0. The largest absolute Gasteiger partial charge is 0.481 e. The van der Waals surface area contributed by atoms with Gasteiger partial charge in [0.25, 0.3) is 0 Å². The number of carboxylic acids is 1. The van der Waals surface area contributed by atoms with Crippen LogP contribution in [0.2, 0.25) is 0 Å². The smallest absolute Gasteiger partial charge is 0.387 e. The van der Waals surface area contributed by atoms with Crippen LogP contribution in [0.4, 0.5) is 8.78 Å². The van der Waals surface area contributed by atoms with E-state index in [2.05, 4.69) is 10.1 Å². The molecule has 0 heterocycles. The van der Waals surface area contributed by atoms with Crippen molar-refractivity contribution in [3.8, 4) is 5.75 Å². The molecular formula is C14H17F2NO4. The molecule has 0 aliphatic carbocycles. The number of benzene rings is 1. The van der Waals surface area contributed by atoms with Crippen molar-refractivity contribution in [2.24, 2.45) is 0 Å². The third kappa shape index (κ3) is 7.86. The fourth-order valence-corrected chi connectivity index (χ4v) is 1.67. The molecule has 0 saturated carbocycles. The molecule has 1 aromatic carbocycles. The summed E-state index contributed by atoms with van der Waals surface area (Å²) >= 11 is 0. The molecule has 0 radical (unpaired) electrons. The molecule has 0 fully saturated rings. The van der Waals surface area contributed by atoms with E-state index in [1.54, 1.807) is 12.1 Å². The van der Waals surface area contributed by atoms with Crippen molar-refractivity contribution in [2.75, 3.05) is 6.54 Å².